The van der Waals surface area contributed by atoms with E-state index >= 15 is 0 Å². The number of aryl methyl sites for hydroxylation is 1. The molecule has 0 spiro atoms. The van der Waals surface area contributed by atoms with Crippen LogP contribution in [0, 0.1) is 0 Å². The number of hydrogen-bond donors (Lipinski definition) is 1. The summed E-state index contributed by atoms with van der Waals surface area (Å²) in [6, 6.07) is 13.2. The highest BCUT2D eigenvalue weighted by Gasteiger charge is 2.37. The molecule has 0 aliphatic carbocycles. The van der Waals surface area contributed by atoms with Gasteiger partial charge in [0.25, 0.3) is 0 Å². The highest BCUT2D eigenvalue weighted by molar-refractivity contribution is 7.89. The number of fused-ring (bicyclic) bond motifs is 1. The average molecular weight is 442 g/mol. The number of rotatable bonds is 6. The standard InChI is InChI=1S/C24H31N3O3S/c1-4-18-7-9-19(10-8-18)25-23(28)16-26-17-24(2,3)21-15-20(11-12-22(21)26)31(29,30)27-13-5-6-14-27/h7-12,15H,4-6,13-14,16-17H2,1-3H3,(H,25,28). The summed E-state index contributed by atoms with van der Waals surface area (Å²) < 4.78 is 27.6. The Morgan fingerprint density at radius 1 is 1.06 bits per heavy atom. The maximum absolute atomic E-state index is 13.0. The highest BCUT2D eigenvalue weighted by atomic mass is 32.2. The first kappa shape index (κ1) is 21.8. The quantitative estimate of drug-likeness (QED) is 0.741. The molecule has 6 nitrogen and oxygen atoms in total. The van der Waals surface area contributed by atoms with E-state index in [1.165, 1.54) is 5.56 Å². The smallest absolute Gasteiger partial charge is 0.243 e. The largest absolute Gasteiger partial charge is 0.361 e. The van der Waals surface area contributed by atoms with Crippen LogP contribution in [0.2, 0.25) is 0 Å². The van der Waals surface area contributed by atoms with Gasteiger partial charge < -0.3 is 10.2 Å². The Bertz CT molecular complexity index is 1070. The molecule has 0 saturated carbocycles. The van der Waals surface area contributed by atoms with Gasteiger partial charge in [-0.3, -0.25) is 4.79 Å². The number of nitrogens with zero attached hydrogens (tertiary/aromatic N) is 2. The van der Waals surface area contributed by atoms with Gasteiger partial charge in [-0.05, 0) is 60.7 Å². The van der Waals surface area contributed by atoms with Crippen molar-refractivity contribution in [3.8, 4) is 0 Å². The van der Waals surface area contributed by atoms with Crippen LogP contribution in [0.25, 0.3) is 0 Å². The second-order valence-corrected chi connectivity index (χ2v) is 11.1. The van der Waals surface area contributed by atoms with E-state index in [0.29, 0.717) is 24.5 Å². The van der Waals surface area contributed by atoms with Gasteiger partial charge in [-0.2, -0.15) is 4.31 Å². The molecule has 1 amide bonds. The van der Waals surface area contributed by atoms with Gasteiger partial charge in [0.05, 0.1) is 11.4 Å². The molecular formula is C24H31N3O3S. The number of anilines is 2. The van der Waals surface area contributed by atoms with Crippen LogP contribution in [-0.4, -0.2) is 44.8 Å². The minimum Gasteiger partial charge on any atom is -0.361 e. The molecule has 31 heavy (non-hydrogen) atoms. The minimum absolute atomic E-state index is 0.0818. The molecule has 0 radical (unpaired) electrons. The molecule has 2 aromatic carbocycles. The van der Waals surface area contributed by atoms with Gasteiger partial charge in [-0.15, -0.1) is 0 Å². The molecular weight excluding hydrogens is 410 g/mol. The van der Waals surface area contributed by atoms with Crippen LogP contribution in [0.3, 0.4) is 0 Å². The molecule has 0 atom stereocenters. The molecule has 0 aromatic heterocycles. The Labute approximate surface area is 185 Å². The second-order valence-electron chi connectivity index (χ2n) is 9.13. The Hall–Kier alpha value is -2.38. The molecule has 2 aromatic rings. The topological polar surface area (TPSA) is 69.7 Å². The maximum atomic E-state index is 13.0. The van der Waals surface area contributed by atoms with Gasteiger partial charge in [0.15, 0.2) is 0 Å². The monoisotopic (exact) mass is 441 g/mol. The molecule has 1 fully saturated rings. The zero-order valence-corrected chi connectivity index (χ0v) is 19.3. The summed E-state index contributed by atoms with van der Waals surface area (Å²) >= 11 is 0. The van der Waals surface area contributed by atoms with Gasteiger partial charge in [0.2, 0.25) is 15.9 Å². The molecule has 0 bridgehead atoms. The zero-order chi connectivity index (χ0) is 22.2. The lowest BCUT2D eigenvalue weighted by Gasteiger charge is -2.22. The van der Waals surface area contributed by atoms with Crippen LogP contribution in [0.1, 0.15) is 44.7 Å². The van der Waals surface area contributed by atoms with Crippen molar-refractivity contribution in [3.05, 3.63) is 53.6 Å². The lowest BCUT2D eigenvalue weighted by Crippen LogP contribution is -2.35. The summed E-state index contributed by atoms with van der Waals surface area (Å²) in [7, 11) is -3.46. The number of benzene rings is 2. The third-order valence-corrected chi connectivity index (χ3v) is 8.20. The van der Waals surface area contributed by atoms with Gasteiger partial charge in [-0.1, -0.05) is 32.9 Å². The van der Waals surface area contributed by atoms with E-state index in [4.69, 9.17) is 0 Å². The Morgan fingerprint density at radius 2 is 1.74 bits per heavy atom. The van der Waals surface area contributed by atoms with Gasteiger partial charge >= 0.3 is 0 Å². The lowest BCUT2D eigenvalue weighted by molar-refractivity contribution is -0.115. The van der Waals surface area contributed by atoms with E-state index < -0.39 is 10.0 Å². The number of amides is 1. The number of carbonyl (C=O) groups is 1. The van der Waals surface area contributed by atoms with Crippen LogP contribution < -0.4 is 10.2 Å². The van der Waals surface area contributed by atoms with Gasteiger partial charge in [0, 0.05) is 36.4 Å². The van der Waals surface area contributed by atoms with Crippen molar-refractivity contribution in [1.82, 2.24) is 4.31 Å². The molecule has 1 N–H and O–H groups in total. The number of hydrogen-bond acceptors (Lipinski definition) is 4. The third-order valence-electron chi connectivity index (χ3n) is 6.31. The summed E-state index contributed by atoms with van der Waals surface area (Å²) in [5.41, 5.74) is 3.69. The van der Waals surface area contributed by atoms with E-state index in [9.17, 15) is 13.2 Å². The van der Waals surface area contributed by atoms with Gasteiger partial charge in [0.1, 0.15) is 0 Å². The summed E-state index contributed by atoms with van der Waals surface area (Å²) in [5.74, 6) is -0.0818. The fourth-order valence-corrected chi connectivity index (χ4v) is 6.10. The molecule has 7 heteroatoms. The Kier molecular flexibility index (Phi) is 5.83. The van der Waals surface area contributed by atoms with Crippen molar-refractivity contribution in [2.24, 2.45) is 0 Å². The van der Waals surface area contributed by atoms with Crippen LogP contribution in [0.4, 0.5) is 11.4 Å². The summed E-state index contributed by atoms with van der Waals surface area (Å²) in [4.78, 5) is 15.1. The van der Waals surface area contributed by atoms with E-state index in [1.54, 1.807) is 10.4 Å². The van der Waals surface area contributed by atoms with Crippen molar-refractivity contribution < 1.29 is 13.2 Å². The van der Waals surface area contributed by atoms with E-state index in [1.807, 2.05) is 41.3 Å². The van der Waals surface area contributed by atoms with Crippen LogP contribution in [-0.2, 0) is 26.7 Å². The SMILES string of the molecule is CCc1ccc(NC(=O)CN2CC(C)(C)c3cc(S(=O)(=O)N4CCCC4)ccc32)cc1. The normalized spacial score (nSPS) is 18.2. The zero-order valence-electron chi connectivity index (χ0n) is 18.5. The molecule has 1 saturated heterocycles. The molecule has 166 valence electrons. The Balaban J connectivity index is 1.52. The summed E-state index contributed by atoms with van der Waals surface area (Å²) in [5, 5.41) is 2.97. The molecule has 2 aliphatic heterocycles. The first-order valence-electron chi connectivity index (χ1n) is 11.0. The van der Waals surface area contributed by atoms with Gasteiger partial charge in [-0.25, -0.2) is 8.42 Å². The van der Waals surface area contributed by atoms with Crippen molar-refractivity contribution in [2.45, 2.75) is 50.3 Å². The lowest BCUT2D eigenvalue weighted by atomic mass is 9.87. The minimum atomic E-state index is -3.46. The molecule has 0 unspecified atom stereocenters. The average Bonchev–Trinajstić information content (AvgIpc) is 3.36. The first-order chi connectivity index (χ1) is 14.7. The maximum Gasteiger partial charge on any atom is 0.243 e. The number of carbonyl (C=O) groups excluding carboxylic acids is 1. The first-order valence-corrected chi connectivity index (χ1v) is 12.4. The van der Waals surface area contributed by atoms with Crippen molar-refractivity contribution in [2.75, 3.05) is 36.4 Å². The Morgan fingerprint density at radius 3 is 2.39 bits per heavy atom. The number of sulfonamides is 1. The van der Waals surface area contributed by atoms with Crippen LogP contribution in [0.15, 0.2) is 47.4 Å². The van der Waals surface area contributed by atoms with Crippen molar-refractivity contribution in [1.29, 1.82) is 0 Å². The number of nitrogens with one attached hydrogen (secondary N) is 1. The van der Waals surface area contributed by atoms with Crippen LogP contribution >= 0.6 is 0 Å². The molecule has 4 rings (SSSR count). The predicted molar refractivity (Wildman–Crippen MR) is 124 cm³/mol. The second kappa shape index (κ2) is 8.28. The highest BCUT2D eigenvalue weighted by Crippen LogP contribution is 2.41. The fourth-order valence-electron chi connectivity index (χ4n) is 4.56. The predicted octanol–water partition coefficient (Wildman–Crippen LogP) is 3.77. The molecule has 2 aliphatic rings. The van der Waals surface area contributed by atoms with E-state index in [2.05, 4.69) is 26.1 Å². The van der Waals surface area contributed by atoms with Crippen LogP contribution in [0.5, 0.6) is 0 Å². The fraction of sp³-hybridized carbons (Fsp3) is 0.458. The summed E-state index contributed by atoms with van der Waals surface area (Å²) in [6.07, 6.45) is 2.79. The van der Waals surface area contributed by atoms with E-state index in [0.717, 1.165) is 36.2 Å². The molecule has 2 heterocycles. The van der Waals surface area contributed by atoms with Crippen molar-refractivity contribution in [3.63, 3.8) is 0 Å². The summed E-state index contributed by atoms with van der Waals surface area (Å²) in [6.45, 7) is 8.37. The van der Waals surface area contributed by atoms with E-state index in [-0.39, 0.29) is 17.9 Å². The van der Waals surface area contributed by atoms with Crippen molar-refractivity contribution >= 4 is 27.3 Å². The third kappa shape index (κ3) is 4.34.